The Morgan fingerprint density at radius 3 is 2.46 bits per heavy atom. The monoisotopic (exact) mass is 405 g/mol. The fraction of sp³-hybridized carbons (Fsp3) is 0.450. The van der Waals surface area contributed by atoms with Gasteiger partial charge in [-0.3, -0.25) is 4.79 Å². The van der Waals surface area contributed by atoms with Crippen LogP contribution in [0.2, 0.25) is 0 Å². The first kappa shape index (κ1) is 20.6. The Morgan fingerprint density at radius 2 is 1.89 bits per heavy atom. The number of benzene rings is 1. The van der Waals surface area contributed by atoms with Crippen molar-refractivity contribution >= 4 is 21.6 Å². The lowest BCUT2D eigenvalue weighted by molar-refractivity contribution is 0.102. The molecule has 1 heterocycles. The molecule has 1 aromatic carbocycles. The summed E-state index contributed by atoms with van der Waals surface area (Å²) in [5, 5.41) is 2.85. The second-order valence-corrected chi connectivity index (χ2v) is 9.06. The molecule has 1 aliphatic rings. The van der Waals surface area contributed by atoms with Crippen LogP contribution in [-0.4, -0.2) is 38.7 Å². The number of aryl methyl sites for hydroxylation is 1. The smallest absolute Gasteiger partial charge is 0.257 e. The predicted molar refractivity (Wildman–Crippen MR) is 108 cm³/mol. The summed E-state index contributed by atoms with van der Waals surface area (Å²) in [5.74, 6) is -0.192. The SMILES string of the molecule is COC[C@@H](C)NS(=O)(=O)c1ccc(NC(=O)c2cc(C)n(C3CC3)c2C)cc1. The molecule has 28 heavy (non-hydrogen) atoms. The molecule has 0 radical (unpaired) electrons. The van der Waals surface area contributed by atoms with Gasteiger partial charge in [0, 0.05) is 36.3 Å². The molecule has 0 aliphatic heterocycles. The lowest BCUT2D eigenvalue weighted by Crippen LogP contribution is -2.35. The van der Waals surface area contributed by atoms with Crippen molar-refractivity contribution in [1.82, 2.24) is 9.29 Å². The normalized spacial score (nSPS) is 15.4. The highest BCUT2D eigenvalue weighted by Gasteiger charge is 2.28. The van der Waals surface area contributed by atoms with E-state index in [0.717, 1.165) is 24.2 Å². The van der Waals surface area contributed by atoms with Gasteiger partial charge in [0.15, 0.2) is 0 Å². The predicted octanol–water partition coefficient (Wildman–Crippen LogP) is 3.01. The number of nitrogens with zero attached hydrogens (tertiary/aromatic N) is 1. The molecule has 0 unspecified atom stereocenters. The standard InChI is InChI=1S/C20H27N3O4S/c1-13(12-27-4)22-28(25,26)18-9-5-16(6-10-18)21-20(24)19-11-14(2)23(15(19)3)17-7-8-17/h5-6,9-11,13,17,22H,7-8,12H2,1-4H3,(H,21,24)/t13-/m1/s1. The minimum Gasteiger partial charge on any atom is -0.383 e. The molecule has 1 fully saturated rings. The van der Waals surface area contributed by atoms with Crippen LogP contribution in [0, 0.1) is 13.8 Å². The number of nitrogens with one attached hydrogen (secondary N) is 2. The molecular weight excluding hydrogens is 378 g/mol. The molecule has 1 amide bonds. The van der Waals surface area contributed by atoms with E-state index in [4.69, 9.17) is 4.74 Å². The minimum atomic E-state index is -3.64. The van der Waals surface area contributed by atoms with Crippen LogP contribution in [0.15, 0.2) is 35.2 Å². The Labute approximate surface area is 166 Å². The van der Waals surface area contributed by atoms with Gasteiger partial charge < -0.3 is 14.6 Å². The lowest BCUT2D eigenvalue weighted by atomic mass is 10.2. The first-order valence-electron chi connectivity index (χ1n) is 9.34. The number of carbonyl (C=O) groups excluding carboxylic acids is 1. The summed E-state index contributed by atoms with van der Waals surface area (Å²) in [5.41, 5.74) is 3.25. The van der Waals surface area contributed by atoms with E-state index in [0.29, 0.717) is 17.3 Å². The van der Waals surface area contributed by atoms with Gasteiger partial charge in [-0.05, 0) is 63.9 Å². The highest BCUT2D eigenvalue weighted by Crippen LogP contribution is 2.38. The molecule has 1 atom stereocenters. The Kier molecular flexibility index (Phi) is 5.92. The van der Waals surface area contributed by atoms with Gasteiger partial charge in [0.25, 0.3) is 5.91 Å². The number of carbonyl (C=O) groups is 1. The molecule has 2 N–H and O–H groups in total. The average molecular weight is 406 g/mol. The number of aromatic nitrogens is 1. The van der Waals surface area contributed by atoms with Crippen molar-refractivity contribution in [2.24, 2.45) is 0 Å². The first-order chi connectivity index (χ1) is 13.2. The summed E-state index contributed by atoms with van der Waals surface area (Å²) in [7, 11) is -2.12. The van der Waals surface area contributed by atoms with Crippen molar-refractivity contribution in [3.05, 3.63) is 47.3 Å². The van der Waals surface area contributed by atoms with Gasteiger partial charge in [-0.25, -0.2) is 13.1 Å². The van der Waals surface area contributed by atoms with E-state index >= 15 is 0 Å². The number of amides is 1. The van der Waals surface area contributed by atoms with Crippen LogP contribution in [0.3, 0.4) is 0 Å². The van der Waals surface area contributed by atoms with Crippen LogP contribution >= 0.6 is 0 Å². The van der Waals surface area contributed by atoms with Crippen molar-refractivity contribution in [3.63, 3.8) is 0 Å². The zero-order valence-corrected chi connectivity index (χ0v) is 17.5. The summed E-state index contributed by atoms with van der Waals surface area (Å²) < 4.78 is 34.5. The molecule has 8 heteroatoms. The summed E-state index contributed by atoms with van der Waals surface area (Å²) >= 11 is 0. The third-order valence-electron chi connectivity index (χ3n) is 4.84. The van der Waals surface area contributed by atoms with Gasteiger partial charge in [-0.15, -0.1) is 0 Å². The first-order valence-corrected chi connectivity index (χ1v) is 10.8. The van der Waals surface area contributed by atoms with E-state index in [2.05, 4.69) is 14.6 Å². The molecule has 0 saturated heterocycles. The van der Waals surface area contributed by atoms with Gasteiger partial charge in [0.05, 0.1) is 17.1 Å². The van der Waals surface area contributed by atoms with Crippen LogP contribution in [0.5, 0.6) is 0 Å². The lowest BCUT2D eigenvalue weighted by Gasteiger charge is -2.13. The maximum absolute atomic E-state index is 12.7. The molecule has 2 aromatic rings. The maximum atomic E-state index is 12.7. The molecular formula is C20H27N3O4S. The van der Waals surface area contributed by atoms with Gasteiger partial charge in [0.2, 0.25) is 10.0 Å². The summed E-state index contributed by atoms with van der Waals surface area (Å²) in [6, 6.07) is 8.22. The number of hydrogen-bond acceptors (Lipinski definition) is 4. The highest BCUT2D eigenvalue weighted by atomic mass is 32.2. The minimum absolute atomic E-state index is 0.139. The molecule has 152 valence electrons. The van der Waals surface area contributed by atoms with E-state index < -0.39 is 10.0 Å². The molecule has 0 spiro atoms. The second-order valence-electron chi connectivity index (χ2n) is 7.34. The Bertz CT molecular complexity index is 960. The maximum Gasteiger partial charge on any atom is 0.257 e. The number of hydrogen-bond donors (Lipinski definition) is 2. The highest BCUT2D eigenvalue weighted by molar-refractivity contribution is 7.89. The fourth-order valence-electron chi connectivity index (χ4n) is 3.43. The topological polar surface area (TPSA) is 89.4 Å². The summed E-state index contributed by atoms with van der Waals surface area (Å²) in [6.45, 7) is 5.99. The van der Waals surface area contributed by atoms with E-state index in [1.54, 1.807) is 19.1 Å². The molecule has 1 aliphatic carbocycles. The van der Waals surface area contributed by atoms with Crippen LogP contribution in [0.4, 0.5) is 5.69 Å². The summed E-state index contributed by atoms with van der Waals surface area (Å²) in [4.78, 5) is 12.8. The van der Waals surface area contributed by atoms with Crippen molar-refractivity contribution in [3.8, 4) is 0 Å². The van der Waals surface area contributed by atoms with Gasteiger partial charge in [-0.1, -0.05) is 0 Å². The molecule has 0 bridgehead atoms. The van der Waals surface area contributed by atoms with E-state index in [-0.39, 0.29) is 23.5 Å². The number of rotatable bonds is 8. The van der Waals surface area contributed by atoms with Crippen molar-refractivity contribution in [1.29, 1.82) is 0 Å². The Hall–Kier alpha value is -2.16. The Morgan fingerprint density at radius 1 is 1.25 bits per heavy atom. The average Bonchev–Trinajstić information content (AvgIpc) is 3.40. The van der Waals surface area contributed by atoms with Crippen molar-refractivity contribution in [2.75, 3.05) is 19.0 Å². The summed E-state index contributed by atoms with van der Waals surface area (Å²) in [6.07, 6.45) is 2.31. The van der Waals surface area contributed by atoms with E-state index in [9.17, 15) is 13.2 Å². The number of sulfonamides is 1. The van der Waals surface area contributed by atoms with Crippen LogP contribution in [0.25, 0.3) is 0 Å². The molecule has 1 aromatic heterocycles. The second kappa shape index (κ2) is 8.06. The quantitative estimate of drug-likeness (QED) is 0.706. The zero-order valence-electron chi connectivity index (χ0n) is 16.7. The van der Waals surface area contributed by atoms with E-state index in [1.165, 1.54) is 19.2 Å². The third kappa shape index (κ3) is 4.45. The largest absolute Gasteiger partial charge is 0.383 e. The molecule has 1 saturated carbocycles. The van der Waals surface area contributed by atoms with Crippen molar-refractivity contribution in [2.45, 2.75) is 50.6 Å². The Balaban J connectivity index is 1.71. The van der Waals surface area contributed by atoms with Crippen LogP contribution in [-0.2, 0) is 14.8 Å². The number of anilines is 1. The zero-order chi connectivity index (χ0) is 20.5. The fourth-order valence-corrected chi connectivity index (χ4v) is 4.66. The number of methoxy groups -OCH3 is 1. The molecule has 3 rings (SSSR count). The van der Waals surface area contributed by atoms with Gasteiger partial charge in [-0.2, -0.15) is 0 Å². The van der Waals surface area contributed by atoms with Crippen molar-refractivity contribution < 1.29 is 17.9 Å². The number of ether oxygens (including phenoxy) is 1. The molecule has 7 nitrogen and oxygen atoms in total. The van der Waals surface area contributed by atoms with Gasteiger partial charge in [0.1, 0.15) is 0 Å². The van der Waals surface area contributed by atoms with Crippen LogP contribution in [0.1, 0.15) is 47.6 Å². The van der Waals surface area contributed by atoms with Gasteiger partial charge >= 0.3 is 0 Å². The third-order valence-corrected chi connectivity index (χ3v) is 6.44. The van der Waals surface area contributed by atoms with Crippen LogP contribution < -0.4 is 10.0 Å². The van der Waals surface area contributed by atoms with E-state index in [1.807, 2.05) is 19.9 Å².